The van der Waals surface area contributed by atoms with Gasteiger partial charge in [0.15, 0.2) is 0 Å². The zero-order valence-electron chi connectivity index (χ0n) is 7.26. The van der Waals surface area contributed by atoms with E-state index in [0.29, 0.717) is 10.6 Å². The maximum Gasteiger partial charge on any atom is 0.317 e. The Morgan fingerprint density at radius 2 is 2.29 bits per heavy atom. The van der Waals surface area contributed by atoms with E-state index in [0.717, 1.165) is 0 Å². The van der Waals surface area contributed by atoms with Crippen LogP contribution in [-0.2, 0) is 11.3 Å². The summed E-state index contributed by atoms with van der Waals surface area (Å²) in [6.07, 6.45) is 0. The molecule has 1 aromatic rings. The molecular weight excluding hydrogens is 209 g/mol. The maximum absolute atomic E-state index is 12.7. The minimum absolute atomic E-state index is 0.174. The number of carbonyl (C=O) groups is 1. The van der Waals surface area contributed by atoms with Gasteiger partial charge in [0.25, 0.3) is 0 Å². The summed E-state index contributed by atoms with van der Waals surface area (Å²) in [7, 11) is 0. The van der Waals surface area contributed by atoms with Crippen LogP contribution in [0.3, 0.4) is 0 Å². The van der Waals surface area contributed by atoms with E-state index in [-0.39, 0.29) is 18.9 Å². The second-order valence-corrected chi connectivity index (χ2v) is 3.14. The first-order valence-corrected chi connectivity index (χ1v) is 4.34. The van der Waals surface area contributed by atoms with Crippen LogP contribution in [0, 0.1) is 5.82 Å². The molecule has 0 unspecified atom stereocenters. The number of hydrogen-bond acceptors (Lipinski definition) is 2. The predicted octanol–water partition coefficient (Wildman–Crippen LogP) is 1.65. The number of nitrogens with one attached hydrogen (secondary N) is 1. The van der Waals surface area contributed by atoms with E-state index in [9.17, 15) is 9.18 Å². The van der Waals surface area contributed by atoms with Gasteiger partial charge in [-0.2, -0.15) is 0 Å². The Hall–Kier alpha value is -1.13. The highest BCUT2D eigenvalue weighted by molar-refractivity contribution is 6.31. The standard InChI is InChI=1S/C9H9ClFNO2/c10-8-2-1-7(11)3-6(8)4-12-5-9(13)14/h1-3,12H,4-5H2,(H,13,14). The van der Waals surface area contributed by atoms with Crippen LogP contribution in [0.15, 0.2) is 18.2 Å². The van der Waals surface area contributed by atoms with Crippen LogP contribution in [-0.4, -0.2) is 17.6 Å². The monoisotopic (exact) mass is 217 g/mol. The summed E-state index contributed by atoms with van der Waals surface area (Å²) in [4.78, 5) is 10.2. The van der Waals surface area contributed by atoms with Gasteiger partial charge in [0.05, 0.1) is 6.54 Å². The van der Waals surface area contributed by atoms with E-state index >= 15 is 0 Å². The molecule has 14 heavy (non-hydrogen) atoms. The van der Waals surface area contributed by atoms with Crippen LogP contribution in [0.4, 0.5) is 4.39 Å². The fourth-order valence-electron chi connectivity index (χ4n) is 0.983. The van der Waals surface area contributed by atoms with Gasteiger partial charge in [-0.05, 0) is 23.8 Å². The second-order valence-electron chi connectivity index (χ2n) is 2.73. The Morgan fingerprint density at radius 3 is 2.93 bits per heavy atom. The van der Waals surface area contributed by atoms with Crippen LogP contribution in [0.5, 0.6) is 0 Å². The van der Waals surface area contributed by atoms with Crippen LogP contribution in [0.1, 0.15) is 5.56 Å². The lowest BCUT2D eigenvalue weighted by atomic mass is 10.2. The fourth-order valence-corrected chi connectivity index (χ4v) is 1.17. The first kappa shape index (κ1) is 10.9. The van der Waals surface area contributed by atoms with Crippen molar-refractivity contribution < 1.29 is 14.3 Å². The first-order valence-electron chi connectivity index (χ1n) is 3.96. The van der Waals surface area contributed by atoms with Crippen molar-refractivity contribution in [2.24, 2.45) is 0 Å². The lowest BCUT2D eigenvalue weighted by Gasteiger charge is -2.04. The van der Waals surface area contributed by atoms with Gasteiger partial charge in [-0.15, -0.1) is 0 Å². The van der Waals surface area contributed by atoms with E-state index in [4.69, 9.17) is 16.7 Å². The quantitative estimate of drug-likeness (QED) is 0.807. The van der Waals surface area contributed by atoms with Gasteiger partial charge >= 0.3 is 5.97 Å². The molecule has 3 nitrogen and oxygen atoms in total. The zero-order valence-corrected chi connectivity index (χ0v) is 8.01. The van der Waals surface area contributed by atoms with Crippen molar-refractivity contribution in [3.8, 4) is 0 Å². The molecule has 0 aliphatic rings. The molecule has 0 radical (unpaired) electrons. The molecule has 2 N–H and O–H groups in total. The largest absolute Gasteiger partial charge is 0.480 e. The number of carboxylic acid groups (broad SMARTS) is 1. The molecule has 0 amide bonds. The molecule has 0 aliphatic heterocycles. The molecule has 1 aromatic carbocycles. The minimum atomic E-state index is -0.961. The Kier molecular flexibility index (Phi) is 3.85. The van der Waals surface area contributed by atoms with E-state index in [2.05, 4.69) is 5.32 Å². The molecular formula is C9H9ClFNO2. The van der Waals surface area contributed by atoms with Gasteiger partial charge in [-0.1, -0.05) is 11.6 Å². The van der Waals surface area contributed by atoms with Crippen molar-refractivity contribution >= 4 is 17.6 Å². The van der Waals surface area contributed by atoms with Gasteiger partial charge in [0.1, 0.15) is 5.82 Å². The number of carboxylic acids is 1. The number of rotatable bonds is 4. The fraction of sp³-hybridized carbons (Fsp3) is 0.222. The molecule has 0 saturated carbocycles. The molecule has 0 atom stereocenters. The van der Waals surface area contributed by atoms with Crippen molar-refractivity contribution in [1.29, 1.82) is 0 Å². The molecule has 1 rings (SSSR count). The molecule has 0 fully saturated rings. The minimum Gasteiger partial charge on any atom is -0.480 e. The van der Waals surface area contributed by atoms with E-state index < -0.39 is 5.97 Å². The molecule has 0 bridgehead atoms. The van der Waals surface area contributed by atoms with Crippen LogP contribution < -0.4 is 5.32 Å². The maximum atomic E-state index is 12.7. The molecule has 0 spiro atoms. The third-order valence-electron chi connectivity index (χ3n) is 1.60. The summed E-state index contributed by atoms with van der Waals surface area (Å²) in [5.41, 5.74) is 0.549. The average molecular weight is 218 g/mol. The molecule has 76 valence electrons. The number of halogens is 2. The SMILES string of the molecule is O=C(O)CNCc1cc(F)ccc1Cl. The highest BCUT2D eigenvalue weighted by Crippen LogP contribution is 2.16. The van der Waals surface area contributed by atoms with Gasteiger partial charge < -0.3 is 10.4 Å². The van der Waals surface area contributed by atoms with Gasteiger partial charge in [-0.25, -0.2) is 4.39 Å². The van der Waals surface area contributed by atoms with Crippen LogP contribution in [0.2, 0.25) is 5.02 Å². The summed E-state index contributed by atoms with van der Waals surface area (Å²) >= 11 is 5.76. The van der Waals surface area contributed by atoms with E-state index in [1.54, 1.807) is 0 Å². The van der Waals surface area contributed by atoms with Gasteiger partial charge in [-0.3, -0.25) is 4.79 Å². The Morgan fingerprint density at radius 1 is 1.57 bits per heavy atom. The second kappa shape index (κ2) is 4.93. The summed E-state index contributed by atoms with van der Waals surface area (Å²) in [5, 5.41) is 11.4. The summed E-state index contributed by atoms with van der Waals surface area (Å²) in [5.74, 6) is -1.35. The smallest absolute Gasteiger partial charge is 0.317 e. The normalized spacial score (nSPS) is 10.1. The highest BCUT2D eigenvalue weighted by Gasteiger charge is 2.02. The number of benzene rings is 1. The molecule has 0 aromatic heterocycles. The molecule has 5 heteroatoms. The Labute approximate surface area is 85.5 Å². The molecule has 0 saturated heterocycles. The van der Waals surface area contributed by atoms with Crippen molar-refractivity contribution in [3.63, 3.8) is 0 Å². The van der Waals surface area contributed by atoms with E-state index in [1.165, 1.54) is 18.2 Å². The molecule has 0 heterocycles. The zero-order chi connectivity index (χ0) is 10.6. The van der Waals surface area contributed by atoms with Crippen molar-refractivity contribution in [1.82, 2.24) is 5.32 Å². The number of aliphatic carboxylic acids is 1. The summed E-state index contributed by atoms with van der Waals surface area (Å²) in [6, 6.07) is 3.97. The topological polar surface area (TPSA) is 49.3 Å². The van der Waals surface area contributed by atoms with Crippen molar-refractivity contribution in [2.75, 3.05) is 6.54 Å². The Balaban J connectivity index is 2.57. The Bertz CT molecular complexity index is 344. The van der Waals surface area contributed by atoms with Crippen LogP contribution in [0.25, 0.3) is 0 Å². The van der Waals surface area contributed by atoms with Crippen LogP contribution >= 0.6 is 11.6 Å². The van der Waals surface area contributed by atoms with Gasteiger partial charge in [0.2, 0.25) is 0 Å². The first-order chi connectivity index (χ1) is 6.59. The van der Waals surface area contributed by atoms with Crippen molar-refractivity contribution in [3.05, 3.63) is 34.6 Å². The lowest BCUT2D eigenvalue weighted by Crippen LogP contribution is -2.22. The predicted molar refractivity (Wildman–Crippen MR) is 50.8 cm³/mol. The van der Waals surface area contributed by atoms with Crippen molar-refractivity contribution in [2.45, 2.75) is 6.54 Å². The number of hydrogen-bond donors (Lipinski definition) is 2. The van der Waals surface area contributed by atoms with E-state index in [1.807, 2.05) is 0 Å². The highest BCUT2D eigenvalue weighted by atomic mass is 35.5. The third kappa shape index (κ3) is 3.32. The van der Waals surface area contributed by atoms with Gasteiger partial charge in [0, 0.05) is 11.6 Å². The lowest BCUT2D eigenvalue weighted by molar-refractivity contribution is -0.135. The average Bonchev–Trinajstić information content (AvgIpc) is 2.10. The summed E-state index contributed by atoms with van der Waals surface area (Å²) < 4.78 is 12.7. The third-order valence-corrected chi connectivity index (χ3v) is 1.97. The molecule has 0 aliphatic carbocycles. The summed E-state index contributed by atoms with van der Waals surface area (Å²) in [6.45, 7) is 0.0652.